The average Bonchev–Trinajstić information content (AvgIpc) is 3.34. The first-order valence-electron chi connectivity index (χ1n) is 14.5. The van der Waals surface area contributed by atoms with Gasteiger partial charge < -0.3 is 9.64 Å². The molecule has 0 aliphatic carbocycles. The van der Waals surface area contributed by atoms with Crippen molar-refractivity contribution in [2.24, 2.45) is 0 Å². The molecule has 0 bridgehead atoms. The highest BCUT2D eigenvalue weighted by Crippen LogP contribution is 2.44. The van der Waals surface area contributed by atoms with E-state index in [-0.39, 0.29) is 5.78 Å². The number of fused-ring (bicyclic) bond motifs is 1. The number of carbonyl (C=O) groups is 1. The van der Waals surface area contributed by atoms with Crippen LogP contribution >= 0.6 is 22.9 Å². The first-order valence-corrected chi connectivity index (χ1v) is 15.7. The topological polar surface area (TPSA) is 71.5 Å². The van der Waals surface area contributed by atoms with Gasteiger partial charge in [0.1, 0.15) is 16.8 Å². The normalized spacial score (nSPS) is 17.3. The molecule has 0 radical (unpaired) electrons. The van der Waals surface area contributed by atoms with E-state index in [4.69, 9.17) is 26.3 Å². The first kappa shape index (κ1) is 30.5. The fourth-order valence-electron chi connectivity index (χ4n) is 5.80. The molecule has 1 aliphatic rings. The van der Waals surface area contributed by atoms with Crippen molar-refractivity contribution in [1.82, 2.24) is 19.9 Å². The molecule has 0 saturated carbocycles. The Balaban J connectivity index is 1.62. The van der Waals surface area contributed by atoms with Crippen molar-refractivity contribution in [2.75, 3.05) is 24.5 Å². The number of thiazole rings is 1. The Morgan fingerprint density at radius 1 is 1.12 bits per heavy atom. The summed E-state index contributed by atoms with van der Waals surface area (Å²) in [5.74, 6) is 0.687. The molecule has 1 fully saturated rings. The largest absolute Gasteiger partial charge is 0.360 e. The lowest BCUT2D eigenvalue weighted by atomic mass is 9.90. The van der Waals surface area contributed by atoms with Gasteiger partial charge in [-0.25, -0.2) is 15.0 Å². The molecule has 2 aromatic carbocycles. The molecular weight excluding hydrogens is 566 g/mol. The second kappa shape index (κ2) is 12.0. The number of nitrogens with zero attached hydrogens (tertiary/aromatic N) is 5. The van der Waals surface area contributed by atoms with Crippen molar-refractivity contribution in [3.8, 4) is 21.8 Å². The summed E-state index contributed by atoms with van der Waals surface area (Å²) >= 11 is 7.85. The van der Waals surface area contributed by atoms with E-state index in [9.17, 15) is 4.79 Å². The summed E-state index contributed by atoms with van der Waals surface area (Å²) in [6, 6.07) is 12.6. The van der Waals surface area contributed by atoms with E-state index in [0.717, 1.165) is 68.8 Å². The van der Waals surface area contributed by atoms with Crippen LogP contribution in [0, 0.1) is 6.92 Å². The third-order valence-corrected chi connectivity index (χ3v) is 9.01. The number of aryl methyl sites for hydroxylation is 1. The third kappa shape index (κ3) is 6.37. The molecular formula is C33H40ClN5O2S. The molecule has 2 aromatic heterocycles. The number of ether oxygens (including phenoxy) is 1. The van der Waals surface area contributed by atoms with Crippen LogP contribution in [0.3, 0.4) is 0 Å². The number of benzene rings is 2. The molecule has 222 valence electrons. The van der Waals surface area contributed by atoms with Gasteiger partial charge in [-0.3, -0.25) is 9.69 Å². The Kier molecular flexibility index (Phi) is 8.72. The zero-order chi connectivity index (χ0) is 30.3. The monoisotopic (exact) mass is 605 g/mol. The number of rotatable bonds is 7. The maximum absolute atomic E-state index is 13.1. The number of Topliss-reactive ketones (excluding diaryl/α,β-unsaturated/α-hetero) is 1. The fraction of sp³-hybridized carbons (Fsp3) is 0.455. The van der Waals surface area contributed by atoms with Crippen molar-refractivity contribution in [3.05, 3.63) is 58.7 Å². The Morgan fingerprint density at radius 3 is 2.45 bits per heavy atom. The summed E-state index contributed by atoms with van der Waals surface area (Å²) in [7, 11) is 0. The van der Waals surface area contributed by atoms with E-state index in [2.05, 4.69) is 41.6 Å². The van der Waals surface area contributed by atoms with Gasteiger partial charge in [0.2, 0.25) is 5.95 Å². The zero-order valence-electron chi connectivity index (χ0n) is 25.7. The number of halogens is 1. The number of ketones is 1. The molecule has 5 rings (SSSR count). The van der Waals surface area contributed by atoms with Crippen molar-refractivity contribution in [3.63, 3.8) is 0 Å². The van der Waals surface area contributed by atoms with E-state index in [1.54, 1.807) is 18.3 Å². The van der Waals surface area contributed by atoms with Crippen LogP contribution in [0.15, 0.2) is 42.6 Å². The second-order valence-corrected chi connectivity index (χ2v) is 13.9. The highest BCUT2D eigenvalue weighted by Gasteiger charge is 2.31. The number of anilines is 1. The summed E-state index contributed by atoms with van der Waals surface area (Å²) in [5.41, 5.74) is 4.86. The molecule has 1 aliphatic heterocycles. The highest BCUT2D eigenvalue weighted by atomic mass is 35.5. The Hall–Kier alpha value is -2.91. The van der Waals surface area contributed by atoms with Crippen LogP contribution in [0.2, 0.25) is 5.02 Å². The second-order valence-electron chi connectivity index (χ2n) is 12.4. The van der Waals surface area contributed by atoms with Crippen molar-refractivity contribution in [2.45, 2.75) is 79.2 Å². The smallest absolute Gasteiger partial charge is 0.226 e. The average molecular weight is 606 g/mol. The van der Waals surface area contributed by atoms with Crippen LogP contribution < -0.4 is 4.90 Å². The maximum atomic E-state index is 13.1. The minimum atomic E-state index is -0.720. The van der Waals surface area contributed by atoms with E-state index >= 15 is 0 Å². The molecule has 7 nitrogen and oxygen atoms in total. The molecule has 0 N–H and O–H groups in total. The van der Waals surface area contributed by atoms with Gasteiger partial charge in [0.05, 0.1) is 15.8 Å². The summed E-state index contributed by atoms with van der Waals surface area (Å²) in [6.07, 6.45) is 1.10. The maximum Gasteiger partial charge on any atom is 0.226 e. The zero-order valence-corrected chi connectivity index (χ0v) is 27.3. The van der Waals surface area contributed by atoms with Crippen LogP contribution in [0.5, 0.6) is 0 Å². The minimum absolute atomic E-state index is 0.0421. The molecule has 1 saturated heterocycles. The van der Waals surface area contributed by atoms with E-state index in [1.807, 2.05) is 64.2 Å². The van der Waals surface area contributed by atoms with Crippen LogP contribution in [-0.2, 0) is 9.53 Å². The lowest BCUT2D eigenvalue weighted by molar-refractivity contribution is -0.138. The van der Waals surface area contributed by atoms with Gasteiger partial charge in [0.25, 0.3) is 0 Å². The van der Waals surface area contributed by atoms with E-state index in [0.29, 0.717) is 17.1 Å². The predicted octanol–water partition coefficient (Wildman–Crippen LogP) is 7.75. The van der Waals surface area contributed by atoms with Gasteiger partial charge in [-0.1, -0.05) is 23.7 Å². The van der Waals surface area contributed by atoms with Gasteiger partial charge in [-0.05, 0) is 90.8 Å². The number of piperazine rings is 1. The molecule has 2 atom stereocenters. The molecule has 3 heterocycles. The van der Waals surface area contributed by atoms with Gasteiger partial charge in [-0.2, -0.15) is 0 Å². The Bertz CT molecular complexity index is 1590. The molecule has 4 aromatic rings. The Morgan fingerprint density at radius 2 is 1.83 bits per heavy atom. The van der Waals surface area contributed by atoms with Crippen LogP contribution in [0.1, 0.15) is 65.7 Å². The summed E-state index contributed by atoms with van der Waals surface area (Å²) in [5, 5.41) is 1.46. The number of hydrogen-bond donors (Lipinski definition) is 0. The van der Waals surface area contributed by atoms with Crippen molar-refractivity contribution < 1.29 is 9.53 Å². The summed E-state index contributed by atoms with van der Waals surface area (Å²) in [4.78, 5) is 32.5. The lowest BCUT2D eigenvalue weighted by Crippen LogP contribution is -2.54. The molecule has 0 spiro atoms. The highest BCUT2D eigenvalue weighted by molar-refractivity contribution is 7.22. The van der Waals surface area contributed by atoms with Crippen LogP contribution in [0.25, 0.3) is 32.0 Å². The molecule has 0 unspecified atom stereocenters. The number of aromatic nitrogens is 3. The van der Waals surface area contributed by atoms with Gasteiger partial charge in [0.15, 0.2) is 5.78 Å². The molecule has 0 amide bonds. The van der Waals surface area contributed by atoms with E-state index in [1.165, 1.54) is 0 Å². The Labute approximate surface area is 257 Å². The van der Waals surface area contributed by atoms with Crippen molar-refractivity contribution in [1.29, 1.82) is 0 Å². The summed E-state index contributed by atoms with van der Waals surface area (Å²) < 4.78 is 7.37. The van der Waals surface area contributed by atoms with Gasteiger partial charge >= 0.3 is 0 Å². The third-order valence-electron chi connectivity index (χ3n) is 7.65. The molecule has 42 heavy (non-hydrogen) atoms. The van der Waals surface area contributed by atoms with E-state index < -0.39 is 11.7 Å². The quantitative estimate of drug-likeness (QED) is 0.213. The van der Waals surface area contributed by atoms with Crippen molar-refractivity contribution >= 4 is 44.9 Å². The number of carbonyl (C=O) groups excluding carboxylic acids is 1. The standard InChI is InChI=1S/C33H40ClN5O2S/c1-19(2)39-16-15-38(18-21(39)4)32-35-14-13-25(37-32)31-36-26-17-20(3)27(29(22(5)40)41-33(6,7)8)28(30(26)42-31)23-9-11-24(34)12-10-23/h9-14,17,19,21,29H,15-16,18H2,1-8H3/t21-,29-/m1/s1. The summed E-state index contributed by atoms with van der Waals surface area (Å²) in [6.45, 7) is 19.0. The van der Waals surface area contributed by atoms with Gasteiger partial charge in [0, 0.05) is 54.1 Å². The fourth-order valence-corrected chi connectivity index (χ4v) is 7.02. The van der Waals surface area contributed by atoms with Gasteiger partial charge in [-0.15, -0.1) is 11.3 Å². The lowest BCUT2D eigenvalue weighted by Gasteiger charge is -2.42. The van der Waals surface area contributed by atoms with Crippen LogP contribution in [0.4, 0.5) is 5.95 Å². The first-order chi connectivity index (χ1) is 19.8. The molecule has 9 heteroatoms. The SMILES string of the molecule is CC(=O)[C@@H](OC(C)(C)C)c1c(C)cc2nc(-c3ccnc(N4CCN(C(C)C)[C@H](C)C4)n3)sc2c1-c1ccc(Cl)cc1. The predicted molar refractivity (Wildman–Crippen MR) is 174 cm³/mol. The minimum Gasteiger partial charge on any atom is -0.360 e. The van der Waals surface area contributed by atoms with Crippen LogP contribution in [-0.4, -0.2) is 63.0 Å². The number of hydrogen-bond acceptors (Lipinski definition) is 8.